The van der Waals surface area contributed by atoms with Crippen LogP contribution in [0.4, 0.5) is 0 Å². The Hall–Kier alpha value is -3.39. The summed E-state index contributed by atoms with van der Waals surface area (Å²) in [5.74, 6) is 0.878. The van der Waals surface area contributed by atoms with E-state index in [9.17, 15) is 9.90 Å². The highest BCUT2D eigenvalue weighted by molar-refractivity contribution is 6.30. The third kappa shape index (κ3) is 6.58. The van der Waals surface area contributed by atoms with Crippen molar-refractivity contribution in [2.24, 2.45) is 0 Å². The van der Waals surface area contributed by atoms with Gasteiger partial charge in [-0.15, -0.1) is 0 Å². The third-order valence-corrected chi connectivity index (χ3v) is 8.04. The quantitative estimate of drug-likeness (QED) is 0.322. The van der Waals surface area contributed by atoms with E-state index in [1.165, 1.54) is 0 Å². The minimum atomic E-state index is -1.14. The van der Waals surface area contributed by atoms with E-state index >= 15 is 0 Å². The van der Waals surface area contributed by atoms with Gasteiger partial charge in [0.2, 0.25) is 0 Å². The second-order valence-electron chi connectivity index (χ2n) is 11.1. The van der Waals surface area contributed by atoms with E-state index < -0.39 is 17.2 Å². The molecule has 1 N–H and O–H groups in total. The predicted octanol–water partition coefficient (Wildman–Crippen LogP) is 6.15. The molecule has 0 unspecified atom stereocenters. The molecule has 7 nitrogen and oxygen atoms in total. The van der Waals surface area contributed by atoms with Crippen LogP contribution in [0, 0.1) is 0 Å². The Labute approximate surface area is 246 Å². The molecule has 2 aliphatic heterocycles. The maximum absolute atomic E-state index is 12.4. The number of rotatable bonds is 8. The largest absolute Gasteiger partial charge is 0.487 e. The van der Waals surface area contributed by atoms with E-state index in [1.807, 2.05) is 48.5 Å². The highest BCUT2D eigenvalue weighted by Gasteiger charge is 2.34. The summed E-state index contributed by atoms with van der Waals surface area (Å²) in [7, 11) is 0. The fraction of sp³-hybridized carbons (Fsp3) is 0.394. The molecule has 0 spiro atoms. The van der Waals surface area contributed by atoms with Gasteiger partial charge in [-0.05, 0) is 87.6 Å². The molecule has 41 heavy (non-hydrogen) atoms. The molecule has 3 heterocycles. The van der Waals surface area contributed by atoms with Crippen LogP contribution in [0.3, 0.4) is 0 Å². The van der Waals surface area contributed by atoms with Gasteiger partial charge in [0.15, 0.2) is 5.60 Å². The second kappa shape index (κ2) is 12.2. The smallest absolute Gasteiger partial charge is 0.349 e. The van der Waals surface area contributed by atoms with Crippen LogP contribution in [0.15, 0.2) is 66.9 Å². The lowest BCUT2D eigenvalue weighted by Gasteiger charge is -2.38. The number of nitrogens with zero attached hydrogens (tertiary/aromatic N) is 2. The molecule has 8 heteroatoms. The van der Waals surface area contributed by atoms with E-state index in [2.05, 4.69) is 22.0 Å². The van der Waals surface area contributed by atoms with Crippen LogP contribution in [-0.2, 0) is 21.7 Å². The van der Waals surface area contributed by atoms with Crippen molar-refractivity contribution in [3.05, 3.63) is 94.3 Å². The summed E-state index contributed by atoms with van der Waals surface area (Å²) < 4.78 is 17.5. The van der Waals surface area contributed by atoms with Crippen molar-refractivity contribution in [1.29, 1.82) is 0 Å². The van der Waals surface area contributed by atoms with Crippen LogP contribution in [0.25, 0.3) is 5.57 Å². The zero-order valence-electron chi connectivity index (χ0n) is 23.9. The van der Waals surface area contributed by atoms with E-state index in [0.29, 0.717) is 30.2 Å². The lowest BCUT2D eigenvalue weighted by Crippen LogP contribution is -2.42. The standard InChI is InChI=1S/C33H37ClN2O5/c1-4-39-31(37)32(2,3)41-25-13-14-30-28(21-25)26(27-7-5-17-35-29(27)22-40-30)8-6-18-36-19-15-33(38,16-20-36)23-9-11-24(34)12-10-23/h5,7-14,17,21,38H,4,6,15-16,18-20,22H2,1-3H3. The summed E-state index contributed by atoms with van der Waals surface area (Å²) in [6.45, 7) is 8.31. The normalized spacial score (nSPS) is 17.6. The summed E-state index contributed by atoms with van der Waals surface area (Å²) >= 11 is 6.04. The fourth-order valence-electron chi connectivity index (χ4n) is 5.45. The Morgan fingerprint density at radius 2 is 1.90 bits per heavy atom. The number of piperidine rings is 1. The lowest BCUT2D eigenvalue weighted by atomic mass is 9.84. The molecule has 0 atom stereocenters. The van der Waals surface area contributed by atoms with Gasteiger partial charge in [-0.3, -0.25) is 4.98 Å². The molecule has 2 aromatic carbocycles. The number of benzene rings is 2. The minimum absolute atomic E-state index is 0.289. The highest BCUT2D eigenvalue weighted by Crippen LogP contribution is 2.39. The van der Waals surface area contributed by atoms with Crippen molar-refractivity contribution >= 4 is 23.1 Å². The van der Waals surface area contributed by atoms with E-state index in [1.54, 1.807) is 27.0 Å². The first-order chi connectivity index (χ1) is 19.7. The average molecular weight is 577 g/mol. The summed E-state index contributed by atoms with van der Waals surface area (Å²) in [5.41, 5.74) is 2.77. The minimum Gasteiger partial charge on any atom is -0.487 e. The summed E-state index contributed by atoms with van der Waals surface area (Å²) in [5, 5.41) is 11.9. The first-order valence-corrected chi connectivity index (χ1v) is 14.5. The van der Waals surface area contributed by atoms with Crippen LogP contribution < -0.4 is 9.47 Å². The Balaban J connectivity index is 1.34. The van der Waals surface area contributed by atoms with Gasteiger partial charge in [-0.25, -0.2) is 4.79 Å². The van der Waals surface area contributed by atoms with E-state index in [4.69, 9.17) is 25.8 Å². The number of halogens is 1. The van der Waals surface area contributed by atoms with Gasteiger partial charge < -0.3 is 24.2 Å². The summed E-state index contributed by atoms with van der Waals surface area (Å²) in [6, 6.07) is 17.1. The molecule has 1 fully saturated rings. The zero-order valence-corrected chi connectivity index (χ0v) is 24.6. The van der Waals surface area contributed by atoms with E-state index in [-0.39, 0.29) is 6.61 Å². The first-order valence-electron chi connectivity index (χ1n) is 14.2. The van der Waals surface area contributed by atoms with Gasteiger partial charge in [0.05, 0.1) is 17.9 Å². The van der Waals surface area contributed by atoms with E-state index in [0.717, 1.165) is 59.8 Å². The maximum atomic E-state index is 12.4. The van der Waals surface area contributed by atoms with Crippen molar-refractivity contribution in [2.45, 2.75) is 57.8 Å². The van der Waals surface area contributed by atoms with Gasteiger partial charge in [-0.1, -0.05) is 35.9 Å². The molecule has 0 saturated carbocycles. The number of likely N-dealkylation sites (tertiary alicyclic amines) is 1. The van der Waals surface area contributed by atoms with Gasteiger partial charge in [0.1, 0.15) is 18.1 Å². The number of ether oxygens (including phenoxy) is 3. The molecule has 1 aromatic heterocycles. The fourth-order valence-corrected chi connectivity index (χ4v) is 5.57. The summed E-state index contributed by atoms with van der Waals surface area (Å²) in [4.78, 5) is 19.4. The number of fused-ring (bicyclic) bond motifs is 2. The predicted molar refractivity (Wildman–Crippen MR) is 159 cm³/mol. The number of aromatic nitrogens is 1. The number of carbonyl (C=O) groups excluding carboxylic acids is 1. The van der Waals surface area contributed by atoms with Crippen molar-refractivity contribution in [1.82, 2.24) is 9.88 Å². The molecule has 0 bridgehead atoms. The van der Waals surface area contributed by atoms with Crippen molar-refractivity contribution in [3.63, 3.8) is 0 Å². The molecule has 2 aliphatic rings. The third-order valence-electron chi connectivity index (χ3n) is 7.78. The topological polar surface area (TPSA) is 81.1 Å². The number of pyridine rings is 1. The van der Waals surface area contributed by atoms with Crippen LogP contribution in [0.2, 0.25) is 5.02 Å². The van der Waals surface area contributed by atoms with Crippen LogP contribution >= 0.6 is 11.6 Å². The first kappa shape index (κ1) is 29.1. The number of carbonyl (C=O) groups is 1. The maximum Gasteiger partial charge on any atom is 0.349 e. The molecular formula is C33H37ClN2O5. The number of aliphatic hydroxyl groups is 1. The molecule has 0 amide bonds. The molecular weight excluding hydrogens is 540 g/mol. The Morgan fingerprint density at radius 3 is 2.63 bits per heavy atom. The van der Waals surface area contributed by atoms with Gasteiger partial charge in [0, 0.05) is 42.0 Å². The SMILES string of the molecule is CCOC(=O)C(C)(C)Oc1ccc2c(c1)C(=CCCN1CCC(O)(c3ccc(Cl)cc3)CC1)c1cccnc1CO2. The van der Waals surface area contributed by atoms with Crippen molar-refractivity contribution in [3.8, 4) is 11.5 Å². The molecule has 216 valence electrons. The number of hydrogen-bond donors (Lipinski definition) is 1. The van der Waals surface area contributed by atoms with Gasteiger partial charge >= 0.3 is 5.97 Å². The molecule has 1 saturated heterocycles. The van der Waals surface area contributed by atoms with Crippen LogP contribution in [0.5, 0.6) is 11.5 Å². The van der Waals surface area contributed by atoms with Crippen molar-refractivity contribution < 1.29 is 24.1 Å². The highest BCUT2D eigenvalue weighted by atomic mass is 35.5. The molecule has 3 aromatic rings. The Morgan fingerprint density at radius 1 is 1.15 bits per heavy atom. The average Bonchev–Trinajstić information content (AvgIpc) is 3.11. The summed E-state index contributed by atoms with van der Waals surface area (Å²) in [6.07, 6.45) is 6.16. The monoisotopic (exact) mass is 576 g/mol. The van der Waals surface area contributed by atoms with Crippen molar-refractivity contribution in [2.75, 3.05) is 26.2 Å². The van der Waals surface area contributed by atoms with Gasteiger partial charge in [0.25, 0.3) is 0 Å². The zero-order chi connectivity index (χ0) is 29.0. The second-order valence-corrected chi connectivity index (χ2v) is 11.5. The molecule has 0 radical (unpaired) electrons. The Kier molecular flexibility index (Phi) is 8.68. The van der Waals surface area contributed by atoms with Gasteiger partial charge in [-0.2, -0.15) is 0 Å². The Bertz CT molecular complexity index is 1410. The number of hydrogen-bond acceptors (Lipinski definition) is 7. The van der Waals surface area contributed by atoms with Crippen LogP contribution in [0.1, 0.15) is 62.4 Å². The molecule has 5 rings (SSSR count). The van der Waals surface area contributed by atoms with Crippen LogP contribution in [-0.4, -0.2) is 52.8 Å². The molecule has 0 aliphatic carbocycles. The lowest BCUT2D eigenvalue weighted by molar-refractivity contribution is -0.158. The number of esters is 1.